The van der Waals surface area contributed by atoms with E-state index in [1.807, 2.05) is 43.3 Å². The third kappa shape index (κ3) is 4.11. The molecule has 7 nitrogen and oxygen atoms in total. The number of aromatic nitrogens is 3. The maximum absolute atomic E-state index is 14.3. The van der Waals surface area contributed by atoms with Crippen molar-refractivity contribution in [3.8, 4) is 5.75 Å². The number of methoxy groups -OCH3 is 1. The third-order valence-corrected chi connectivity index (χ3v) is 7.46. The minimum Gasteiger partial charge on any atom is -0.497 e. The Morgan fingerprint density at radius 1 is 1.12 bits per heavy atom. The lowest BCUT2D eigenvalue weighted by molar-refractivity contribution is 0.0830. The van der Waals surface area contributed by atoms with Crippen molar-refractivity contribution < 1.29 is 13.9 Å². The number of carbonyl (C=O) groups excluding carboxylic acids is 1. The lowest BCUT2D eigenvalue weighted by Crippen LogP contribution is -2.50. The molecule has 2 aliphatic heterocycles. The minimum absolute atomic E-state index is 0.0421. The van der Waals surface area contributed by atoms with Gasteiger partial charge in [-0.25, -0.2) is 9.37 Å². The summed E-state index contributed by atoms with van der Waals surface area (Å²) in [5.41, 5.74) is 1.67. The molecule has 2 unspecified atom stereocenters. The average molecular weight is 468 g/mol. The fraction of sp³-hybridized carbons (Fsp3) is 0.375. The molecule has 9 heteroatoms. The highest BCUT2D eigenvalue weighted by molar-refractivity contribution is 8.00. The Hall–Kier alpha value is -2.91. The lowest BCUT2D eigenvalue weighted by atomic mass is 9.99. The van der Waals surface area contributed by atoms with Gasteiger partial charge in [0.25, 0.3) is 5.91 Å². The van der Waals surface area contributed by atoms with Gasteiger partial charge in [-0.15, -0.1) is 5.10 Å². The SMILES string of the molecule is CCc1nc2n(n1)C(=O)C(C(c1ccc(OC)cc1)N1CCN(c3ccccc3F)CC1)S2. The van der Waals surface area contributed by atoms with Gasteiger partial charge in [-0.2, -0.15) is 4.68 Å². The van der Waals surface area contributed by atoms with Gasteiger partial charge < -0.3 is 9.64 Å². The van der Waals surface area contributed by atoms with Crippen LogP contribution in [0.25, 0.3) is 0 Å². The summed E-state index contributed by atoms with van der Waals surface area (Å²) in [6.45, 7) is 4.77. The van der Waals surface area contributed by atoms with Gasteiger partial charge >= 0.3 is 0 Å². The molecule has 33 heavy (non-hydrogen) atoms. The Bertz CT molecular complexity index is 1140. The smallest absolute Gasteiger partial charge is 0.264 e. The second kappa shape index (κ2) is 9.15. The Morgan fingerprint density at radius 2 is 1.85 bits per heavy atom. The van der Waals surface area contributed by atoms with Crippen LogP contribution in [0.3, 0.4) is 0 Å². The number of piperazine rings is 1. The normalized spacial score (nSPS) is 19.5. The highest BCUT2D eigenvalue weighted by Crippen LogP contribution is 2.41. The molecule has 3 aromatic rings. The molecule has 0 radical (unpaired) electrons. The molecule has 0 N–H and O–H groups in total. The second-order valence-corrected chi connectivity index (χ2v) is 9.25. The van der Waals surface area contributed by atoms with Crippen molar-refractivity contribution in [2.45, 2.75) is 29.8 Å². The second-order valence-electron chi connectivity index (χ2n) is 8.15. The number of ether oxygens (including phenoxy) is 1. The monoisotopic (exact) mass is 467 g/mol. The molecule has 5 rings (SSSR count). The zero-order valence-corrected chi connectivity index (χ0v) is 19.5. The topological polar surface area (TPSA) is 63.5 Å². The summed E-state index contributed by atoms with van der Waals surface area (Å²) in [6.07, 6.45) is 0.693. The van der Waals surface area contributed by atoms with Gasteiger partial charge in [0.1, 0.15) is 16.8 Å². The van der Waals surface area contributed by atoms with Crippen molar-refractivity contribution in [1.29, 1.82) is 0 Å². The van der Waals surface area contributed by atoms with Gasteiger partial charge in [0.2, 0.25) is 0 Å². The Morgan fingerprint density at radius 3 is 2.48 bits per heavy atom. The number of rotatable bonds is 6. The lowest BCUT2D eigenvalue weighted by Gasteiger charge is -2.41. The third-order valence-electron chi connectivity index (χ3n) is 6.27. The van der Waals surface area contributed by atoms with Crippen molar-refractivity contribution in [2.75, 3.05) is 38.2 Å². The molecule has 0 aliphatic carbocycles. The average Bonchev–Trinajstić information content (AvgIpc) is 3.39. The number of nitrogens with zero attached hydrogens (tertiary/aromatic N) is 5. The summed E-state index contributed by atoms with van der Waals surface area (Å²) in [7, 11) is 1.64. The molecular formula is C24H26FN5O2S. The van der Waals surface area contributed by atoms with Crippen molar-refractivity contribution in [3.05, 3.63) is 65.7 Å². The number of para-hydroxylation sites is 1. The van der Waals surface area contributed by atoms with Gasteiger partial charge in [0.15, 0.2) is 11.0 Å². The number of aryl methyl sites for hydroxylation is 1. The van der Waals surface area contributed by atoms with Gasteiger partial charge in [-0.3, -0.25) is 9.69 Å². The van der Waals surface area contributed by atoms with Gasteiger partial charge in [-0.05, 0) is 29.8 Å². The molecule has 1 saturated heterocycles. The molecule has 1 fully saturated rings. The largest absolute Gasteiger partial charge is 0.497 e. The standard InChI is InChI=1S/C24H26FN5O2S/c1-3-20-26-24-30(27-20)23(31)22(33-24)21(16-8-10-17(32-2)11-9-16)29-14-12-28(13-15-29)19-7-5-4-6-18(19)25/h4-11,21-22H,3,12-15H2,1-2H3. The van der Waals surface area contributed by atoms with Gasteiger partial charge in [0, 0.05) is 32.6 Å². The van der Waals surface area contributed by atoms with E-state index in [0.29, 0.717) is 49.3 Å². The molecule has 2 atom stereocenters. The number of halogens is 1. The number of anilines is 1. The van der Waals surface area contributed by atoms with E-state index in [1.54, 1.807) is 13.2 Å². The number of fused-ring (bicyclic) bond motifs is 1. The van der Waals surface area contributed by atoms with Crippen LogP contribution in [0.5, 0.6) is 5.75 Å². The zero-order valence-electron chi connectivity index (χ0n) is 18.6. The van der Waals surface area contributed by atoms with E-state index < -0.39 is 0 Å². The predicted molar refractivity (Wildman–Crippen MR) is 126 cm³/mol. The van der Waals surface area contributed by atoms with Crippen molar-refractivity contribution >= 4 is 23.4 Å². The van der Waals surface area contributed by atoms with E-state index in [4.69, 9.17) is 4.74 Å². The zero-order chi connectivity index (χ0) is 22.9. The van der Waals surface area contributed by atoms with Crippen molar-refractivity contribution in [2.24, 2.45) is 0 Å². The predicted octanol–water partition coefficient (Wildman–Crippen LogP) is 3.67. The molecule has 0 saturated carbocycles. The first-order valence-electron chi connectivity index (χ1n) is 11.1. The van der Waals surface area contributed by atoms with Crippen LogP contribution in [0, 0.1) is 5.82 Å². The van der Waals surface area contributed by atoms with Crippen LogP contribution in [0.15, 0.2) is 53.7 Å². The first-order chi connectivity index (χ1) is 16.1. The molecule has 1 aromatic heterocycles. The molecule has 0 bridgehead atoms. The number of hydrogen-bond acceptors (Lipinski definition) is 7. The summed E-state index contributed by atoms with van der Waals surface area (Å²) in [5, 5.41) is 4.71. The molecular weight excluding hydrogens is 441 g/mol. The van der Waals surface area contributed by atoms with E-state index in [2.05, 4.69) is 19.9 Å². The van der Waals surface area contributed by atoms with Crippen LogP contribution in [-0.4, -0.2) is 64.1 Å². The highest BCUT2D eigenvalue weighted by atomic mass is 32.2. The summed E-state index contributed by atoms with van der Waals surface area (Å²) >= 11 is 1.48. The summed E-state index contributed by atoms with van der Waals surface area (Å²) in [5.74, 6) is 1.21. The quantitative estimate of drug-likeness (QED) is 0.548. The van der Waals surface area contributed by atoms with E-state index in [-0.39, 0.29) is 23.0 Å². The van der Waals surface area contributed by atoms with Crippen molar-refractivity contribution in [3.63, 3.8) is 0 Å². The Kier molecular flexibility index (Phi) is 6.07. The van der Waals surface area contributed by atoms with Crippen LogP contribution in [0.2, 0.25) is 0 Å². The fourth-order valence-corrected chi connectivity index (χ4v) is 5.79. The number of benzene rings is 2. The molecule has 172 valence electrons. The first-order valence-corrected chi connectivity index (χ1v) is 12.0. The van der Waals surface area contributed by atoms with Crippen LogP contribution >= 0.6 is 11.8 Å². The molecule has 0 amide bonds. The summed E-state index contributed by atoms with van der Waals surface area (Å²) < 4.78 is 21.1. The number of hydrogen-bond donors (Lipinski definition) is 0. The number of thioether (sulfide) groups is 1. The van der Waals surface area contributed by atoms with Gasteiger partial charge in [0.05, 0.1) is 18.8 Å². The Balaban J connectivity index is 1.41. The minimum atomic E-state index is -0.348. The summed E-state index contributed by atoms with van der Waals surface area (Å²) in [6, 6.07) is 14.6. The molecule has 0 spiro atoms. The highest BCUT2D eigenvalue weighted by Gasteiger charge is 2.43. The maximum atomic E-state index is 14.3. The molecule has 2 aliphatic rings. The molecule has 2 aromatic carbocycles. The van der Waals surface area contributed by atoms with E-state index in [0.717, 1.165) is 11.3 Å². The first kappa shape index (κ1) is 21.9. The Labute approximate surface area is 196 Å². The van der Waals surface area contributed by atoms with E-state index in [9.17, 15) is 9.18 Å². The van der Waals surface area contributed by atoms with Crippen molar-refractivity contribution in [1.82, 2.24) is 19.7 Å². The van der Waals surface area contributed by atoms with Crippen LogP contribution < -0.4 is 9.64 Å². The number of carbonyl (C=O) groups is 1. The molecule has 3 heterocycles. The van der Waals surface area contributed by atoms with Crippen LogP contribution in [0.4, 0.5) is 10.1 Å². The van der Waals surface area contributed by atoms with E-state index in [1.165, 1.54) is 22.5 Å². The van der Waals surface area contributed by atoms with E-state index >= 15 is 0 Å². The van der Waals surface area contributed by atoms with Gasteiger partial charge in [-0.1, -0.05) is 43.0 Å². The fourth-order valence-electron chi connectivity index (χ4n) is 4.52. The summed E-state index contributed by atoms with van der Waals surface area (Å²) in [4.78, 5) is 22.3. The van der Waals surface area contributed by atoms with Crippen LogP contribution in [-0.2, 0) is 6.42 Å². The van der Waals surface area contributed by atoms with Crippen LogP contribution in [0.1, 0.15) is 29.1 Å². The maximum Gasteiger partial charge on any atom is 0.264 e.